The van der Waals surface area contributed by atoms with E-state index in [1.54, 1.807) is 18.6 Å². The number of amides is 1. The maximum atomic E-state index is 11.9. The van der Waals surface area contributed by atoms with Crippen LogP contribution < -0.4 is 4.74 Å². The van der Waals surface area contributed by atoms with E-state index in [0.29, 0.717) is 23.7 Å². The average Bonchev–Trinajstić information content (AvgIpc) is 2.81. The third kappa shape index (κ3) is 5.64. The molecule has 1 N–H and O–H groups in total. The van der Waals surface area contributed by atoms with Crippen molar-refractivity contribution < 1.29 is 14.6 Å². The number of pyridine rings is 1. The van der Waals surface area contributed by atoms with Gasteiger partial charge in [0.15, 0.2) is 0 Å². The minimum atomic E-state index is -0.0659. The van der Waals surface area contributed by atoms with E-state index < -0.39 is 0 Å². The number of ether oxygens (including phenoxy) is 1. The van der Waals surface area contributed by atoms with Gasteiger partial charge in [-0.15, -0.1) is 0 Å². The summed E-state index contributed by atoms with van der Waals surface area (Å²) in [5, 5.41) is 9.11. The van der Waals surface area contributed by atoms with Crippen molar-refractivity contribution in [2.75, 3.05) is 13.1 Å². The lowest BCUT2D eigenvalue weighted by Gasteiger charge is -2.26. The van der Waals surface area contributed by atoms with Crippen LogP contribution in [-0.4, -0.2) is 44.0 Å². The number of carbonyl (C=O) groups excluding carboxylic acids is 1. The van der Waals surface area contributed by atoms with Gasteiger partial charge in [-0.05, 0) is 49.4 Å². The molecule has 7 nitrogen and oxygen atoms in total. The smallest absolute Gasteiger partial charge is 0.238 e. The molecule has 0 spiro atoms. The number of nitrogens with zero attached hydrogens (tertiary/aromatic N) is 4. The maximum absolute atomic E-state index is 11.9. The van der Waals surface area contributed by atoms with Crippen molar-refractivity contribution in [1.82, 2.24) is 19.9 Å². The number of aromatic nitrogens is 3. The van der Waals surface area contributed by atoms with E-state index in [1.807, 2.05) is 41.3 Å². The zero-order valence-electron chi connectivity index (χ0n) is 17.4. The van der Waals surface area contributed by atoms with Crippen LogP contribution in [0.15, 0.2) is 55.0 Å². The van der Waals surface area contributed by atoms with Crippen LogP contribution in [-0.2, 0) is 17.8 Å². The number of hydrogen-bond donors (Lipinski definition) is 1. The third-order valence-corrected chi connectivity index (χ3v) is 5.34. The first-order chi connectivity index (χ1) is 15.2. The molecule has 0 atom stereocenters. The molecule has 3 heterocycles. The second-order valence-corrected chi connectivity index (χ2v) is 7.61. The first-order valence-corrected chi connectivity index (χ1v) is 10.6. The highest BCUT2D eigenvalue weighted by Gasteiger charge is 2.17. The second-order valence-electron chi connectivity index (χ2n) is 7.61. The largest absolute Gasteiger partial charge is 0.437 e. The molecule has 1 fully saturated rings. The minimum Gasteiger partial charge on any atom is -0.437 e. The molecule has 1 aliphatic rings. The summed E-state index contributed by atoms with van der Waals surface area (Å²) in [4.78, 5) is 26.9. The Morgan fingerprint density at radius 1 is 0.968 bits per heavy atom. The number of rotatable bonds is 8. The molecule has 1 aromatic carbocycles. The highest BCUT2D eigenvalue weighted by Crippen LogP contribution is 2.25. The molecule has 1 aliphatic heterocycles. The van der Waals surface area contributed by atoms with E-state index in [2.05, 4.69) is 15.0 Å². The molecule has 2 aromatic heterocycles. The average molecular weight is 418 g/mol. The van der Waals surface area contributed by atoms with Crippen LogP contribution in [0.25, 0.3) is 11.1 Å². The van der Waals surface area contributed by atoms with Crippen molar-refractivity contribution in [3.63, 3.8) is 0 Å². The van der Waals surface area contributed by atoms with Crippen molar-refractivity contribution in [1.29, 1.82) is 0 Å². The molecule has 0 saturated carbocycles. The molecule has 0 aliphatic carbocycles. The van der Waals surface area contributed by atoms with E-state index in [0.717, 1.165) is 55.6 Å². The van der Waals surface area contributed by atoms with Gasteiger partial charge >= 0.3 is 0 Å². The van der Waals surface area contributed by atoms with Crippen molar-refractivity contribution in [3.8, 4) is 22.8 Å². The fraction of sp³-hybridized carbons (Fsp3) is 0.333. The first-order valence-electron chi connectivity index (χ1n) is 10.6. The Morgan fingerprint density at radius 2 is 1.81 bits per heavy atom. The lowest BCUT2D eigenvalue weighted by atomic mass is 10.1. The van der Waals surface area contributed by atoms with Gasteiger partial charge in [-0.25, -0.2) is 4.98 Å². The summed E-state index contributed by atoms with van der Waals surface area (Å²) >= 11 is 0. The van der Waals surface area contributed by atoms with Crippen molar-refractivity contribution in [2.45, 2.75) is 38.7 Å². The lowest BCUT2D eigenvalue weighted by Crippen LogP contribution is -2.36. The van der Waals surface area contributed by atoms with Gasteiger partial charge in [0.1, 0.15) is 5.75 Å². The molecular weight excluding hydrogens is 392 g/mol. The monoisotopic (exact) mass is 418 g/mol. The standard InChI is InChI=1S/C24H26N4O3/c29-17-21-9-6-19(14-26-21)18-7-10-22(11-8-18)31-23-16-25-15-20(27-23)4-3-13-28-12-2-1-5-24(28)30/h6-11,14-16,29H,1-5,12-13,17H2. The number of aliphatic hydroxyl groups excluding tert-OH is 1. The zero-order chi connectivity index (χ0) is 21.5. The Bertz CT molecular complexity index is 1010. The van der Waals surface area contributed by atoms with E-state index in [1.165, 1.54) is 0 Å². The van der Waals surface area contributed by atoms with Gasteiger partial charge in [0.25, 0.3) is 0 Å². The Morgan fingerprint density at radius 3 is 2.55 bits per heavy atom. The van der Waals surface area contributed by atoms with Crippen LogP contribution in [0.2, 0.25) is 0 Å². The van der Waals surface area contributed by atoms with Crippen LogP contribution in [0.4, 0.5) is 0 Å². The van der Waals surface area contributed by atoms with Gasteiger partial charge in [0.2, 0.25) is 11.8 Å². The SMILES string of the molecule is O=C1CCCCN1CCCc1cncc(Oc2ccc(-c3ccc(CO)nc3)cc2)n1. The molecule has 0 unspecified atom stereocenters. The maximum Gasteiger partial charge on any atom is 0.238 e. The number of piperidine rings is 1. The number of carbonyl (C=O) groups is 1. The Hall–Kier alpha value is -3.32. The van der Waals surface area contributed by atoms with E-state index in [4.69, 9.17) is 9.84 Å². The number of aliphatic hydroxyl groups is 1. The van der Waals surface area contributed by atoms with Crippen LogP contribution in [0, 0.1) is 0 Å². The van der Waals surface area contributed by atoms with Gasteiger partial charge in [0, 0.05) is 37.5 Å². The molecule has 4 rings (SSSR count). The van der Waals surface area contributed by atoms with Crippen molar-refractivity contribution >= 4 is 5.91 Å². The molecule has 0 bridgehead atoms. The van der Waals surface area contributed by atoms with Gasteiger partial charge in [0.05, 0.1) is 24.2 Å². The fourth-order valence-corrected chi connectivity index (χ4v) is 3.63. The highest BCUT2D eigenvalue weighted by molar-refractivity contribution is 5.76. The third-order valence-electron chi connectivity index (χ3n) is 5.34. The predicted molar refractivity (Wildman–Crippen MR) is 116 cm³/mol. The van der Waals surface area contributed by atoms with E-state index in [9.17, 15) is 4.79 Å². The number of likely N-dealkylation sites (tertiary alicyclic amines) is 1. The van der Waals surface area contributed by atoms with Crippen LogP contribution >= 0.6 is 0 Å². The minimum absolute atomic E-state index is 0.0659. The lowest BCUT2D eigenvalue weighted by molar-refractivity contribution is -0.133. The van der Waals surface area contributed by atoms with Crippen molar-refractivity contribution in [2.24, 2.45) is 0 Å². The normalized spacial score (nSPS) is 14.0. The quantitative estimate of drug-likeness (QED) is 0.599. The van der Waals surface area contributed by atoms with E-state index in [-0.39, 0.29) is 12.5 Å². The molecule has 3 aromatic rings. The molecular formula is C24H26N4O3. The molecule has 160 valence electrons. The van der Waals surface area contributed by atoms with Crippen LogP contribution in [0.1, 0.15) is 37.1 Å². The first kappa shape index (κ1) is 20.9. The fourth-order valence-electron chi connectivity index (χ4n) is 3.63. The summed E-state index contributed by atoms with van der Waals surface area (Å²) in [6.07, 6.45) is 9.48. The second kappa shape index (κ2) is 10.1. The summed E-state index contributed by atoms with van der Waals surface area (Å²) in [7, 11) is 0. The zero-order valence-corrected chi connectivity index (χ0v) is 17.4. The van der Waals surface area contributed by atoms with Crippen LogP contribution in [0.5, 0.6) is 11.6 Å². The predicted octanol–water partition coefficient (Wildman–Crippen LogP) is 3.77. The molecule has 1 saturated heterocycles. The van der Waals surface area contributed by atoms with Crippen molar-refractivity contribution in [3.05, 3.63) is 66.4 Å². The van der Waals surface area contributed by atoms with Gasteiger partial charge < -0.3 is 14.7 Å². The summed E-state index contributed by atoms with van der Waals surface area (Å²) in [5.74, 6) is 1.39. The Kier molecular flexibility index (Phi) is 6.84. The molecule has 7 heteroatoms. The number of benzene rings is 1. The molecule has 0 radical (unpaired) electrons. The summed E-state index contributed by atoms with van der Waals surface area (Å²) < 4.78 is 5.87. The summed E-state index contributed by atoms with van der Waals surface area (Å²) in [6, 6.07) is 11.4. The number of hydrogen-bond acceptors (Lipinski definition) is 6. The summed E-state index contributed by atoms with van der Waals surface area (Å²) in [6.45, 7) is 1.57. The van der Waals surface area contributed by atoms with Gasteiger partial charge in [-0.3, -0.25) is 14.8 Å². The topological polar surface area (TPSA) is 88.4 Å². The number of aryl methyl sites for hydroxylation is 1. The molecule has 31 heavy (non-hydrogen) atoms. The van der Waals surface area contributed by atoms with Gasteiger partial charge in [-0.2, -0.15) is 0 Å². The Labute approximate surface area is 181 Å². The van der Waals surface area contributed by atoms with Gasteiger partial charge in [-0.1, -0.05) is 18.2 Å². The van der Waals surface area contributed by atoms with E-state index >= 15 is 0 Å². The highest BCUT2D eigenvalue weighted by atomic mass is 16.5. The Balaban J connectivity index is 1.33. The summed E-state index contributed by atoms with van der Waals surface area (Å²) in [5.41, 5.74) is 3.48. The van der Waals surface area contributed by atoms with Crippen LogP contribution in [0.3, 0.4) is 0 Å². The molecule has 1 amide bonds.